The van der Waals surface area contributed by atoms with E-state index in [1.54, 1.807) is 36.4 Å². The van der Waals surface area contributed by atoms with Crippen molar-refractivity contribution in [2.45, 2.75) is 4.90 Å². The van der Waals surface area contributed by atoms with Crippen molar-refractivity contribution in [3.63, 3.8) is 0 Å². The highest BCUT2D eigenvalue weighted by Crippen LogP contribution is 2.19. The van der Waals surface area contributed by atoms with Gasteiger partial charge in [-0.3, -0.25) is 4.79 Å². The van der Waals surface area contributed by atoms with E-state index < -0.39 is 10.1 Å². The first-order valence-electron chi connectivity index (χ1n) is 9.44. The highest BCUT2D eigenvalue weighted by molar-refractivity contribution is 7.87. The molecule has 0 unspecified atom stereocenters. The van der Waals surface area contributed by atoms with Crippen molar-refractivity contribution in [3.05, 3.63) is 108 Å². The Balaban J connectivity index is 1.41. The molecule has 0 spiro atoms. The fourth-order valence-corrected chi connectivity index (χ4v) is 3.97. The second-order valence-corrected chi connectivity index (χ2v) is 8.19. The van der Waals surface area contributed by atoms with Crippen LogP contribution >= 0.6 is 0 Å². The van der Waals surface area contributed by atoms with E-state index in [1.165, 1.54) is 30.5 Å². The van der Waals surface area contributed by atoms with Crippen molar-refractivity contribution in [3.8, 4) is 5.75 Å². The van der Waals surface area contributed by atoms with Crippen LogP contribution in [0, 0.1) is 0 Å². The lowest BCUT2D eigenvalue weighted by Gasteiger charge is -2.07. The second kappa shape index (κ2) is 8.81. The largest absolute Gasteiger partial charge is 0.379 e. The maximum Gasteiger partial charge on any atom is 0.339 e. The third kappa shape index (κ3) is 4.79. The summed E-state index contributed by atoms with van der Waals surface area (Å²) in [5.41, 5.74) is 3.72. The molecule has 0 aliphatic carbocycles. The maximum atomic E-state index is 12.5. The fraction of sp³-hybridized carbons (Fsp3) is 0. The Hall–Kier alpha value is -3.97. The molecular formula is C24H18N2O4S. The number of carbonyl (C=O) groups is 1. The van der Waals surface area contributed by atoms with Gasteiger partial charge >= 0.3 is 10.1 Å². The van der Waals surface area contributed by atoms with E-state index in [1.807, 2.05) is 36.4 Å². The molecule has 4 rings (SSSR count). The van der Waals surface area contributed by atoms with E-state index in [2.05, 4.69) is 10.5 Å². The molecule has 154 valence electrons. The van der Waals surface area contributed by atoms with Crippen LogP contribution < -0.4 is 9.61 Å². The number of hydrogen-bond donors (Lipinski definition) is 1. The summed E-state index contributed by atoms with van der Waals surface area (Å²) in [5, 5.41) is 5.81. The number of fused-ring (bicyclic) bond motifs is 1. The summed E-state index contributed by atoms with van der Waals surface area (Å²) in [7, 11) is -3.89. The van der Waals surface area contributed by atoms with Crippen molar-refractivity contribution in [1.82, 2.24) is 5.43 Å². The van der Waals surface area contributed by atoms with Crippen LogP contribution in [0.1, 0.15) is 15.9 Å². The molecule has 4 aromatic rings. The number of amides is 1. The van der Waals surface area contributed by atoms with Crippen LogP contribution in [0.25, 0.3) is 10.8 Å². The molecule has 0 aromatic heterocycles. The van der Waals surface area contributed by atoms with Crippen LogP contribution in [0.15, 0.2) is 107 Å². The minimum absolute atomic E-state index is 0.0804. The van der Waals surface area contributed by atoms with Crippen molar-refractivity contribution in [2.75, 3.05) is 0 Å². The Kier molecular flexibility index (Phi) is 5.77. The minimum Gasteiger partial charge on any atom is -0.379 e. The zero-order valence-electron chi connectivity index (χ0n) is 16.3. The summed E-state index contributed by atoms with van der Waals surface area (Å²) >= 11 is 0. The summed E-state index contributed by atoms with van der Waals surface area (Å²) in [5.74, 6) is -0.136. The van der Waals surface area contributed by atoms with Crippen LogP contribution in [0.5, 0.6) is 5.75 Å². The summed E-state index contributed by atoms with van der Waals surface area (Å²) in [6.07, 6.45) is 1.47. The predicted octanol–water partition coefficient (Wildman–Crippen LogP) is 4.37. The van der Waals surface area contributed by atoms with Gasteiger partial charge in [-0.15, -0.1) is 0 Å². The lowest BCUT2D eigenvalue weighted by Crippen LogP contribution is -2.17. The van der Waals surface area contributed by atoms with Gasteiger partial charge in [0.15, 0.2) is 0 Å². The predicted molar refractivity (Wildman–Crippen MR) is 120 cm³/mol. The summed E-state index contributed by atoms with van der Waals surface area (Å²) in [6, 6.07) is 27.4. The number of rotatable bonds is 6. The normalized spacial score (nSPS) is 11.5. The molecule has 0 bridgehead atoms. The molecular weight excluding hydrogens is 412 g/mol. The van der Waals surface area contributed by atoms with Gasteiger partial charge in [0.25, 0.3) is 5.91 Å². The van der Waals surface area contributed by atoms with Gasteiger partial charge in [-0.2, -0.15) is 13.5 Å². The first kappa shape index (κ1) is 20.3. The Labute approximate surface area is 179 Å². The Morgan fingerprint density at radius 2 is 1.48 bits per heavy atom. The van der Waals surface area contributed by atoms with Crippen LogP contribution in [-0.2, 0) is 10.1 Å². The number of hydrazone groups is 1. The van der Waals surface area contributed by atoms with E-state index in [4.69, 9.17) is 4.18 Å². The van der Waals surface area contributed by atoms with Gasteiger partial charge in [-0.05, 0) is 58.8 Å². The molecule has 6 nitrogen and oxygen atoms in total. The van der Waals surface area contributed by atoms with Crippen LogP contribution in [-0.4, -0.2) is 20.5 Å². The van der Waals surface area contributed by atoms with Gasteiger partial charge in [-0.1, -0.05) is 54.6 Å². The highest BCUT2D eigenvalue weighted by atomic mass is 32.2. The van der Waals surface area contributed by atoms with Crippen molar-refractivity contribution in [2.24, 2.45) is 5.10 Å². The Morgan fingerprint density at radius 1 is 0.806 bits per heavy atom. The first-order chi connectivity index (χ1) is 15.0. The number of benzene rings is 4. The molecule has 0 heterocycles. The minimum atomic E-state index is -3.89. The number of carbonyl (C=O) groups excluding carboxylic acids is 1. The molecule has 0 fully saturated rings. The molecule has 0 saturated heterocycles. The fourth-order valence-electron chi connectivity index (χ4n) is 3.02. The molecule has 0 aliphatic rings. The van der Waals surface area contributed by atoms with Gasteiger partial charge in [0.2, 0.25) is 0 Å². The first-order valence-corrected chi connectivity index (χ1v) is 10.8. The van der Waals surface area contributed by atoms with E-state index in [-0.39, 0.29) is 16.6 Å². The topological polar surface area (TPSA) is 84.8 Å². The summed E-state index contributed by atoms with van der Waals surface area (Å²) in [6.45, 7) is 0. The smallest absolute Gasteiger partial charge is 0.339 e. The molecule has 0 saturated carbocycles. The lowest BCUT2D eigenvalue weighted by atomic mass is 10.0. The molecule has 0 atom stereocenters. The van der Waals surface area contributed by atoms with Crippen LogP contribution in [0.4, 0.5) is 0 Å². The van der Waals surface area contributed by atoms with E-state index in [0.717, 1.165) is 10.8 Å². The van der Waals surface area contributed by atoms with E-state index in [9.17, 15) is 13.2 Å². The molecule has 31 heavy (non-hydrogen) atoms. The lowest BCUT2D eigenvalue weighted by molar-refractivity contribution is 0.0956. The second-order valence-electron chi connectivity index (χ2n) is 6.65. The van der Waals surface area contributed by atoms with Crippen LogP contribution in [0.3, 0.4) is 0 Å². The van der Waals surface area contributed by atoms with Crippen molar-refractivity contribution in [1.29, 1.82) is 0 Å². The number of nitrogens with one attached hydrogen (secondary N) is 1. The van der Waals surface area contributed by atoms with E-state index >= 15 is 0 Å². The standard InChI is InChI=1S/C24H18N2O4S/c27-24(23-12-6-8-19-7-4-5-11-22(19)23)26-25-17-18-13-15-20(16-14-18)30-31(28,29)21-9-2-1-3-10-21/h1-17H,(H,26,27)/b25-17-. The quantitative estimate of drug-likeness (QED) is 0.280. The van der Waals surface area contributed by atoms with E-state index in [0.29, 0.717) is 11.1 Å². The molecule has 0 aliphatic heterocycles. The van der Waals surface area contributed by atoms with Crippen molar-refractivity contribution < 1.29 is 17.4 Å². The monoisotopic (exact) mass is 430 g/mol. The zero-order chi connectivity index (χ0) is 21.7. The number of hydrogen-bond acceptors (Lipinski definition) is 5. The molecule has 7 heteroatoms. The van der Waals surface area contributed by atoms with Gasteiger partial charge < -0.3 is 4.18 Å². The average Bonchev–Trinajstić information content (AvgIpc) is 2.80. The third-order valence-corrected chi connectivity index (χ3v) is 5.79. The van der Waals surface area contributed by atoms with Crippen molar-refractivity contribution >= 4 is 33.0 Å². The van der Waals surface area contributed by atoms with Gasteiger partial charge in [-0.25, -0.2) is 5.43 Å². The number of nitrogens with zero attached hydrogens (tertiary/aromatic N) is 1. The van der Waals surface area contributed by atoms with Gasteiger partial charge in [0.05, 0.1) is 6.21 Å². The molecule has 4 aromatic carbocycles. The molecule has 1 amide bonds. The maximum absolute atomic E-state index is 12.5. The van der Waals surface area contributed by atoms with Gasteiger partial charge in [0.1, 0.15) is 10.6 Å². The zero-order valence-corrected chi connectivity index (χ0v) is 17.1. The SMILES string of the molecule is O=C(N/N=C\c1ccc(OS(=O)(=O)c2ccccc2)cc1)c1cccc2ccccc12. The third-order valence-electron chi connectivity index (χ3n) is 4.53. The Bertz CT molecular complexity index is 1340. The van der Waals surface area contributed by atoms with Crippen LogP contribution in [0.2, 0.25) is 0 Å². The average molecular weight is 430 g/mol. The molecule has 1 N–H and O–H groups in total. The summed E-state index contributed by atoms with van der Waals surface area (Å²) in [4.78, 5) is 12.6. The van der Waals surface area contributed by atoms with Gasteiger partial charge in [0, 0.05) is 5.56 Å². The highest BCUT2D eigenvalue weighted by Gasteiger charge is 2.15. The summed E-state index contributed by atoms with van der Waals surface area (Å²) < 4.78 is 29.7. The Morgan fingerprint density at radius 3 is 2.26 bits per heavy atom. The molecule has 0 radical (unpaired) electrons.